The van der Waals surface area contributed by atoms with Crippen molar-refractivity contribution < 1.29 is 17.2 Å². The van der Waals surface area contributed by atoms with Crippen molar-refractivity contribution >= 4 is 35.7 Å². The van der Waals surface area contributed by atoms with Gasteiger partial charge >= 0.3 is 0 Å². The lowest BCUT2D eigenvalue weighted by Crippen LogP contribution is -2.05. The molecule has 1 aromatic rings. The molecule has 0 saturated carbocycles. The number of hydrogen-bond donors (Lipinski definition) is 0. The molecule has 0 saturated heterocycles. The first-order valence-corrected chi connectivity index (χ1v) is 6.73. The Hall–Kier alpha value is -0.270. The zero-order chi connectivity index (χ0) is 11.8. The fraction of sp³-hybridized carbons (Fsp3) is 0.286. The normalized spacial score (nSPS) is 12.1. The predicted octanol–water partition coefficient (Wildman–Crippen LogP) is 3.02. The zero-order valence-corrected chi connectivity index (χ0v) is 10.5. The maximum Gasteiger partial charge on any atom is 0.279 e. The van der Waals surface area contributed by atoms with E-state index < -0.39 is 26.1 Å². The summed E-state index contributed by atoms with van der Waals surface area (Å²) in [4.78, 5) is 3.44. The van der Waals surface area contributed by atoms with E-state index in [9.17, 15) is 17.2 Å². The van der Waals surface area contributed by atoms with Gasteiger partial charge in [0, 0.05) is 10.7 Å². The number of aryl methyl sites for hydroxylation is 1. The lowest BCUT2D eigenvalue weighted by Gasteiger charge is -2.08. The molecule has 8 heteroatoms. The molecule has 1 heterocycles. The molecule has 15 heavy (non-hydrogen) atoms. The Morgan fingerprint density at radius 1 is 1.53 bits per heavy atom. The number of alkyl halides is 2. The average molecular weight is 321 g/mol. The fourth-order valence-corrected chi connectivity index (χ4v) is 2.78. The van der Waals surface area contributed by atoms with E-state index in [0.717, 1.165) is 0 Å². The Kier molecular flexibility index (Phi) is 3.67. The first-order valence-electron chi connectivity index (χ1n) is 3.63. The van der Waals surface area contributed by atoms with E-state index in [1.165, 1.54) is 13.0 Å². The monoisotopic (exact) mass is 319 g/mol. The Bertz CT molecular complexity index is 492. The Morgan fingerprint density at radius 2 is 2.07 bits per heavy atom. The van der Waals surface area contributed by atoms with Crippen molar-refractivity contribution in [3.05, 3.63) is 21.8 Å². The van der Waals surface area contributed by atoms with Gasteiger partial charge < -0.3 is 0 Å². The van der Waals surface area contributed by atoms with E-state index in [4.69, 9.17) is 10.7 Å². The standard InChI is InChI=1S/C7H5BrClF2NO2S/c1-3-2-4(8)12-7(15(9,13)14)5(3)6(10)11/h2,6H,1H3. The summed E-state index contributed by atoms with van der Waals surface area (Å²) in [6.45, 7) is 1.36. The van der Waals surface area contributed by atoms with E-state index in [-0.39, 0.29) is 10.2 Å². The summed E-state index contributed by atoms with van der Waals surface area (Å²) in [5.41, 5.74) is -0.542. The number of rotatable bonds is 2. The van der Waals surface area contributed by atoms with Crippen LogP contribution in [-0.2, 0) is 9.05 Å². The third-order valence-electron chi connectivity index (χ3n) is 1.65. The molecule has 1 rings (SSSR count). The molecule has 0 fully saturated rings. The molecule has 84 valence electrons. The van der Waals surface area contributed by atoms with Crippen molar-refractivity contribution in [3.63, 3.8) is 0 Å². The minimum absolute atomic E-state index is 0.117. The van der Waals surface area contributed by atoms with Gasteiger partial charge in [-0.15, -0.1) is 0 Å². The summed E-state index contributed by atoms with van der Waals surface area (Å²) >= 11 is 2.91. The molecule has 0 spiro atoms. The molecule has 0 amide bonds. The van der Waals surface area contributed by atoms with Crippen LogP contribution < -0.4 is 0 Å². The second kappa shape index (κ2) is 4.31. The van der Waals surface area contributed by atoms with Crippen molar-refractivity contribution in [2.45, 2.75) is 18.4 Å². The minimum Gasteiger partial charge on any atom is -0.228 e. The van der Waals surface area contributed by atoms with Crippen LogP contribution in [0.1, 0.15) is 17.6 Å². The highest BCUT2D eigenvalue weighted by Gasteiger charge is 2.26. The van der Waals surface area contributed by atoms with Crippen LogP contribution in [0, 0.1) is 6.92 Å². The Labute approximate surface area is 98.0 Å². The van der Waals surface area contributed by atoms with E-state index >= 15 is 0 Å². The van der Waals surface area contributed by atoms with Crippen LogP contribution >= 0.6 is 26.6 Å². The zero-order valence-electron chi connectivity index (χ0n) is 7.34. The van der Waals surface area contributed by atoms with E-state index in [0.29, 0.717) is 0 Å². The second-order valence-electron chi connectivity index (χ2n) is 2.72. The summed E-state index contributed by atoms with van der Waals surface area (Å²) in [5, 5.41) is -0.800. The molecular weight excluding hydrogens is 316 g/mol. The summed E-state index contributed by atoms with van der Waals surface area (Å²) in [7, 11) is 0.735. The van der Waals surface area contributed by atoms with Gasteiger partial charge in [0.2, 0.25) is 0 Å². The van der Waals surface area contributed by atoms with E-state index in [1.54, 1.807) is 0 Å². The van der Waals surface area contributed by atoms with Crippen LogP contribution in [0.5, 0.6) is 0 Å². The molecule has 1 aromatic heterocycles. The molecule has 3 nitrogen and oxygen atoms in total. The smallest absolute Gasteiger partial charge is 0.228 e. The number of halogens is 4. The van der Waals surface area contributed by atoms with Crippen LogP contribution in [0.15, 0.2) is 15.7 Å². The molecule has 0 bridgehead atoms. The molecule has 0 aliphatic heterocycles. The summed E-state index contributed by atoms with van der Waals surface area (Å²) in [6.07, 6.45) is -2.94. The topological polar surface area (TPSA) is 47.0 Å². The first-order chi connectivity index (χ1) is 6.73. The van der Waals surface area contributed by atoms with Gasteiger partial charge in [0.25, 0.3) is 15.5 Å². The number of hydrogen-bond acceptors (Lipinski definition) is 3. The largest absolute Gasteiger partial charge is 0.279 e. The van der Waals surface area contributed by atoms with Gasteiger partial charge in [0.1, 0.15) is 4.60 Å². The molecule has 0 aliphatic rings. The molecular formula is C7H5BrClF2NO2S. The SMILES string of the molecule is Cc1cc(Br)nc(S(=O)(=O)Cl)c1C(F)F. The third kappa shape index (κ3) is 2.85. The lowest BCUT2D eigenvalue weighted by atomic mass is 10.2. The van der Waals surface area contributed by atoms with Gasteiger partial charge in [-0.2, -0.15) is 0 Å². The maximum absolute atomic E-state index is 12.6. The highest BCUT2D eigenvalue weighted by molar-refractivity contribution is 9.10. The van der Waals surface area contributed by atoms with Crippen LogP contribution in [-0.4, -0.2) is 13.4 Å². The van der Waals surface area contributed by atoms with Crippen LogP contribution in [0.4, 0.5) is 8.78 Å². The van der Waals surface area contributed by atoms with Crippen molar-refractivity contribution in [3.8, 4) is 0 Å². The summed E-state index contributed by atoms with van der Waals surface area (Å²) < 4.78 is 47.3. The predicted molar refractivity (Wildman–Crippen MR) is 54.7 cm³/mol. The highest BCUT2D eigenvalue weighted by atomic mass is 79.9. The lowest BCUT2D eigenvalue weighted by molar-refractivity contribution is 0.146. The quantitative estimate of drug-likeness (QED) is 0.621. The van der Waals surface area contributed by atoms with E-state index in [2.05, 4.69) is 20.9 Å². The van der Waals surface area contributed by atoms with Gasteiger partial charge in [0.05, 0.1) is 5.56 Å². The van der Waals surface area contributed by atoms with Crippen molar-refractivity contribution in [1.29, 1.82) is 0 Å². The number of nitrogens with zero attached hydrogens (tertiary/aromatic N) is 1. The van der Waals surface area contributed by atoms with Crippen molar-refractivity contribution in [2.75, 3.05) is 0 Å². The van der Waals surface area contributed by atoms with Gasteiger partial charge in [-0.1, -0.05) is 0 Å². The number of pyridine rings is 1. The summed E-state index contributed by atoms with van der Waals surface area (Å²) in [6, 6.07) is 1.30. The van der Waals surface area contributed by atoms with Gasteiger partial charge in [-0.25, -0.2) is 22.2 Å². The fourth-order valence-electron chi connectivity index (χ4n) is 1.07. The Morgan fingerprint density at radius 3 is 2.47 bits per heavy atom. The van der Waals surface area contributed by atoms with Gasteiger partial charge in [0.15, 0.2) is 5.03 Å². The highest BCUT2D eigenvalue weighted by Crippen LogP contribution is 2.31. The molecule has 0 N–H and O–H groups in total. The van der Waals surface area contributed by atoms with Gasteiger partial charge in [-0.05, 0) is 34.5 Å². The minimum atomic E-state index is -4.27. The third-order valence-corrected chi connectivity index (χ3v) is 3.27. The maximum atomic E-state index is 12.6. The molecule has 0 radical (unpaired) electrons. The van der Waals surface area contributed by atoms with Crippen molar-refractivity contribution in [1.82, 2.24) is 4.98 Å². The number of aromatic nitrogens is 1. The van der Waals surface area contributed by atoms with Crippen LogP contribution in [0.25, 0.3) is 0 Å². The van der Waals surface area contributed by atoms with E-state index in [1.807, 2.05) is 0 Å². The second-order valence-corrected chi connectivity index (χ2v) is 6.01. The summed E-state index contributed by atoms with van der Waals surface area (Å²) in [5.74, 6) is 0. The van der Waals surface area contributed by atoms with Gasteiger partial charge in [-0.3, -0.25) is 0 Å². The van der Waals surface area contributed by atoms with Crippen LogP contribution in [0.3, 0.4) is 0 Å². The van der Waals surface area contributed by atoms with Crippen molar-refractivity contribution in [2.24, 2.45) is 0 Å². The molecule has 0 aliphatic carbocycles. The Balaban J connectivity index is 3.62. The average Bonchev–Trinajstić information content (AvgIpc) is 1.99. The van der Waals surface area contributed by atoms with Crippen LogP contribution in [0.2, 0.25) is 0 Å². The first kappa shape index (κ1) is 12.8. The molecule has 0 aromatic carbocycles. The molecule has 0 atom stereocenters. The molecule has 0 unspecified atom stereocenters.